The number of hydrogen-bond donors (Lipinski definition) is 4. The zero-order chi connectivity index (χ0) is 31.1. The Kier molecular flexibility index (Phi) is 9.89. The standard InChI is InChI=1S/C35H40N4O5/c1-25(10-8-16-32(41)38(20-21-40)23-26-11-4-2-5-12-26)35(44)29-22-28(37-33(42)30-15-9-19-36-30)17-18-31(29)39(34(35)43)24-27-13-6-3-7-14-27/h2-8,10-14,17-18,22,25,30,36,40,44H,9,15-16,19-21,23-24H2,1H3,(H,37,42)/b10-8+/t25-,30-,35+/m1/s1. The van der Waals surface area contributed by atoms with Crippen molar-refractivity contribution in [3.05, 3.63) is 108 Å². The molecule has 2 aliphatic heterocycles. The van der Waals surface area contributed by atoms with E-state index in [0.29, 0.717) is 23.5 Å². The van der Waals surface area contributed by atoms with Gasteiger partial charge in [-0.3, -0.25) is 14.4 Å². The largest absolute Gasteiger partial charge is 0.395 e. The first-order valence-electron chi connectivity index (χ1n) is 15.2. The molecule has 2 aliphatic rings. The van der Waals surface area contributed by atoms with Crippen molar-refractivity contribution in [2.24, 2.45) is 5.92 Å². The summed E-state index contributed by atoms with van der Waals surface area (Å²) in [7, 11) is 0. The van der Waals surface area contributed by atoms with Gasteiger partial charge in [-0.1, -0.05) is 79.7 Å². The average Bonchev–Trinajstić information content (AvgIpc) is 3.65. The number of anilines is 2. The van der Waals surface area contributed by atoms with Gasteiger partial charge in [-0.15, -0.1) is 0 Å². The SMILES string of the molecule is C[C@H](/C=C/CC(=O)N(CCO)Cc1ccccc1)[C@@]1(O)C(=O)N(Cc2ccccc2)c2ccc(NC(=O)[C@H]3CCCN3)cc21. The average molecular weight is 597 g/mol. The van der Waals surface area contributed by atoms with Crippen molar-refractivity contribution in [1.82, 2.24) is 10.2 Å². The van der Waals surface area contributed by atoms with E-state index >= 15 is 0 Å². The van der Waals surface area contributed by atoms with Crippen LogP contribution in [-0.4, -0.2) is 58.6 Å². The molecule has 2 heterocycles. The molecule has 1 saturated heterocycles. The van der Waals surface area contributed by atoms with Crippen molar-refractivity contribution in [1.29, 1.82) is 0 Å². The lowest BCUT2D eigenvalue weighted by Gasteiger charge is -2.28. The van der Waals surface area contributed by atoms with Crippen molar-refractivity contribution in [2.45, 2.75) is 50.9 Å². The van der Waals surface area contributed by atoms with Crippen LogP contribution >= 0.6 is 0 Å². The first kappa shape index (κ1) is 31.1. The first-order chi connectivity index (χ1) is 21.3. The molecule has 1 fully saturated rings. The van der Waals surface area contributed by atoms with Crippen LogP contribution in [0, 0.1) is 5.92 Å². The monoisotopic (exact) mass is 596 g/mol. The van der Waals surface area contributed by atoms with Gasteiger partial charge >= 0.3 is 0 Å². The van der Waals surface area contributed by atoms with Crippen LogP contribution in [-0.2, 0) is 33.1 Å². The predicted molar refractivity (Wildman–Crippen MR) is 169 cm³/mol. The molecule has 44 heavy (non-hydrogen) atoms. The third-order valence-corrected chi connectivity index (χ3v) is 8.41. The number of carbonyl (C=O) groups excluding carboxylic acids is 3. The Balaban J connectivity index is 1.37. The van der Waals surface area contributed by atoms with Gasteiger partial charge in [-0.25, -0.2) is 0 Å². The third-order valence-electron chi connectivity index (χ3n) is 8.41. The summed E-state index contributed by atoms with van der Waals surface area (Å²) in [6.45, 7) is 3.23. The second-order valence-electron chi connectivity index (χ2n) is 11.5. The molecule has 3 atom stereocenters. The van der Waals surface area contributed by atoms with Gasteiger partial charge in [0.15, 0.2) is 5.60 Å². The molecule has 3 amide bonds. The summed E-state index contributed by atoms with van der Waals surface area (Å²) in [5.74, 6) is -1.48. The molecule has 0 saturated carbocycles. The molecule has 0 unspecified atom stereocenters. The quantitative estimate of drug-likeness (QED) is 0.237. The van der Waals surface area contributed by atoms with Gasteiger partial charge in [-0.2, -0.15) is 0 Å². The van der Waals surface area contributed by atoms with Crippen molar-refractivity contribution < 1.29 is 24.6 Å². The van der Waals surface area contributed by atoms with Crippen LogP contribution in [0.15, 0.2) is 91.0 Å². The number of hydrogen-bond acceptors (Lipinski definition) is 6. The summed E-state index contributed by atoms with van der Waals surface area (Å²) < 4.78 is 0. The highest BCUT2D eigenvalue weighted by Crippen LogP contribution is 2.47. The smallest absolute Gasteiger partial charge is 0.264 e. The van der Waals surface area contributed by atoms with E-state index in [1.807, 2.05) is 60.7 Å². The first-order valence-corrected chi connectivity index (χ1v) is 15.2. The van der Waals surface area contributed by atoms with E-state index in [2.05, 4.69) is 10.6 Å². The van der Waals surface area contributed by atoms with Gasteiger partial charge in [-0.05, 0) is 48.7 Å². The molecule has 5 rings (SSSR count). The molecule has 9 heteroatoms. The van der Waals surface area contributed by atoms with Gasteiger partial charge in [0.05, 0.1) is 24.9 Å². The minimum absolute atomic E-state index is 0.0481. The van der Waals surface area contributed by atoms with Crippen molar-refractivity contribution in [3.8, 4) is 0 Å². The Morgan fingerprint density at radius 3 is 2.45 bits per heavy atom. The number of fused-ring (bicyclic) bond motifs is 1. The van der Waals surface area contributed by atoms with E-state index in [-0.39, 0.29) is 44.0 Å². The molecule has 0 aromatic heterocycles. The Labute approximate surface area is 258 Å². The maximum absolute atomic E-state index is 14.0. The van der Waals surface area contributed by atoms with E-state index in [1.54, 1.807) is 47.1 Å². The van der Waals surface area contributed by atoms with E-state index in [4.69, 9.17) is 0 Å². The van der Waals surface area contributed by atoms with Crippen LogP contribution in [0.5, 0.6) is 0 Å². The fourth-order valence-corrected chi connectivity index (χ4v) is 5.94. The number of carbonyl (C=O) groups is 3. The summed E-state index contributed by atoms with van der Waals surface area (Å²) in [5, 5.41) is 27.8. The Morgan fingerprint density at radius 1 is 1.09 bits per heavy atom. The molecule has 0 radical (unpaired) electrons. The van der Waals surface area contributed by atoms with Gasteiger partial charge in [0.25, 0.3) is 5.91 Å². The Morgan fingerprint density at radius 2 is 1.80 bits per heavy atom. The zero-order valence-corrected chi connectivity index (χ0v) is 25.0. The fourth-order valence-electron chi connectivity index (χ4n) is 5.94. The number of aliphatic hydroxyl groups is 2. The molecular formula is C35H40N4O5. The van der Waals surface area contributed by atoms with Crippen LogP contribution in [0.4, 0.5) is 11.4 Å². The summed E-state index contributed by atoms with van der Waals surface area (Å²) in [5.41, 5.74) is 1.44. The molecule has 0 bridgehead atoms. The van der Waals surface area contributed by atoms with Crippen molar-refractivity contribution in [2.75, 3.05) is 29.9 Å². The lowest BCUT2D eigenvalue weighted by molar-refractivity contribution is -0.139. The second-order valence-corrected chi connectivity index (χ2v) is 11.5. The summed E-state index contributed by atoms with van der Waals surface area (Å²) in [6.07, 6.45) is 5.10. The van der Waals surface area contributed by atoms with Crippen LogP contribution in [0.2, 0.25) is 0 Å². The van der Waals surface area contributed by atoms with Gasteiger partial charge < -0.3 is 30.6 Å². The molecule has 3 aromatic rings. The molecule has 9 nitrogen and oxygen atoms in total. The number of rotatable bonds is 12. The number of nitrogens with zero attached hydrogens (tertiary/aromatic N) is 2. The van der Waals surface area contributed by atoms with Crippen molar-refractivity contribution >= 4 is 29.1 Å². The molecule has 3 aromatic carbocycles. The van der Waals surface area contributed by atoms with Crippen LogP contribution in [0.1, 0.15) is 42.9 Å². The van der Waals surface area contributed by atoms with E-state index in [9.17, 15) is 24.6 Å². The molecule has 4 N–H and O–H groups in total. The van der Waals surface area contributed by atoms with Gasteiger partial charge in [0, 0.05) is 36.7 Å². The predicted octanol–water partition coefficient (Wildman–Crippen LogP) is 3.72. The number of amides is 3. The molecule has 230 valence electrons. The van der Waals surface area contributed by atoms with Crippen LogP contribution in [0.3, 0.4) is 0 Å². The number of nitrogens with one attached hydrogen (secondary N) is 2. The minimum Gasteiger partial charge on any atom is -0.395 e. The molecule has 0 spiro atoms. The number of benzene rings is 3. The Hall–Kier alpha value is -4.31. The van der Waals surface area contributed by atoms with Crippen LogP contribution < -0.4 is 15.5 Å². The van der Waals surface area contributed by atoms with Gasteiger partial charge in [0.2, 0.25) is 11.8 Å². The van der Waals surface area contributed by atoms with Crippen molar-refractivity contribution in [3.63, 3.8) is 0 Å². The van der Waals surface area contributed by atoms with Crippen LogP contribution in [0.25, 0.3) is 0 Å². The topological polar surface area (TPSA) is 122 Å². The summed E-state index contributed by atoms with van der Waals surface area (Å²) >= 11 is 0. The van der Waals surface area contributed by atoms with E-state index in [0.717, 1.165) is 30.5 Å². The lowest BCUT2D eigenvalue weighted by Crippen LogP contribution is -2.44. The lowest BCUT2D eigenvalue weighted by atomic mass is 9.82. The van der Waals surface area contributed by atoms with Gasteiger partial charge in [0.1, 0.15) is 0 Å². The third kappa shape index (κ3) is 6.75. The van der Waals surface area contributed by atoms with E-state index in [1.165, 1.54) is 0 Å². The Bertz CT molecular complexity index is 1490. The minimum atomic E-state index is -1.91. The summed E-state index contributed by atoms with van der Waals surface area (Å²) in [4.78, 5) is 43.1. The maximum atomic E-state index is 14.0. The number of aliphatic hydroxyl groups excluding tert-OH is 1. The highest BCUT2D eigenvalue weighted by atomic mass is 16.3. The molecule has 0 aliphatic carbocycles. The normalized spacial score (nSPS) is 20.1. The zero-order valence-electron chi connectivity index (χ0n) is 25.0. The maximum Gasteiger partial charge on any atom is 0.264 e. The summed E-state index contributed by atoms with van der Waals surface area (Å²) in [6, 6.07) is 24.1. The molecular weight excluding hydrogens is 556 g/mol. The highest BCUT2D eigenvalue weighted by molar-refractivity contribution is 6.08. The van der Waals surface area contributed by atoms with E-state index < -0.39 is 17.4 Å². The second kappa shape index (κ2) is 14.0. The highest BCUT2D eigenvalue weighted by Gasteiger charge is 2.52. The fraction of sp³-hybridized carbons (Fsp3) is 0.343.